The SMILES string of the molecule is O=C(c1cnco1)N1C[C@@H]2C[C@H](C1)c1cc(-c3ccccc3)cc(=O)n1C2. The third-order valence-electron chi connectivity index (χ3n) is 5.59. The first-order chi connectivity index (χ1) is 13.2. The Hall–Kier alpha value is -3.15. The van der Waals surface area contributed by atoms with E-state index in [1.807, 2.05) is 39.8 Å². The lowest BCUT2D eigenvalue weighted by atomic mass is 9.82. The fourth-order valence-electron chi connectivity index (χ4n) is 4.40. The van der Waals surface area contributed by atoms with Crippen LogP contribution in [0.4, 0.5) is 0 Å². The minimum Gasteiger partial charge on any atom is -0.438 e. The number of piperidine rings is 1. The van der Waals surface area contributed by atoms with E-state index in [1.165, 1.54) is 12.6 Å². The zero-order chi connectivity index (χ0) is 18.4. The van der Waals surface area contributed by atoms with Gasteiger partial charge >= 0.3 is 0 Å². The van der Waals surface area contributed by atoms with E-state index in [-0.39, 0.29) is 29.1 Å². The molecule has 2 aromatic heterocycles. The average Bonchev–Trinajstić information content (AvgIpc) is 3.23. The molecule has 2 bridgehead atoms. The number of fused-ring (bicyclic) bond motifs is 4. The lowest BCUT2D eigenvalue weighted by molar-refractivity contribution is 0.0564. The number of carbonyl (C=O) groups excluding carboxylic acids is 1. The molecule has 2 atom stereocenters. The molecule has 1 saturated heterocycles. The van der Waals surface area contributed by atoms with Crippen LogP contribution in [-0.2, 0) is 6.54 Å². The van der Waals surface area contributed by atoms with Gasteiger partial charge in [-0.1, -0.05) is 30.3 Å². The summed E-state index contributed by atoms with van der Waals surface area (Å²) in [5, 5.41) is 0. The van der Waals surface area contributed by atoms with Crippen molar-refractivity contribution in [2.75, 3.05) is 13.1 Å². The van der Waals surface area contributed by atoms with Crippen LogP contribution in [0, 0.1) is 5.92 Å². The van der Waals surface area contributed by atoms with Crippen LogP contribution in [0.15, 0.2) is 64.3 Å². The number of carbonyl (C=O) groups is 1. The van der Waals surface area contributed by atoms with Gasteiger partial charge in [0.2, 0.25) is 5.76 Å². The topological polar surface area (TPSA) is 68.3 Å². The Bertz CT molecular complexity index is 1040. The molecule has 0 spiro atoms. The van der Waals surface area contributed by atoms with Crippen molar-refractivity contribution in [3.8, 4) is 11.1 Å². The first-order valence-electron chi connectivity index (χ1n) is 9.17. The Morgan fingerprint density at radius 3 is 2.70 bits per heavy atom. The van der Waals surface area contributed by atoms with Crippen LogP contribution in [0.5, 0.6) is 0 Å². The molecule has 1 aromatic carbocycles. The standard InChI is InChI=1S/C21H19N3O3/c25-20-8-16(15-4-2-1-3-5-15)7-18-17-6-14(11-24(18)20)10-23(12-17)21(26)19-9-22-13-27-19/h1-5,7-9,13-14,17H,6,10-12H2/t14-,17+/m0/s1. The van der Waals surface area contributed by atoms with Gasteiger partial charge in [-0.25, -0.2) is 4.98 Å². The number of nitrogens with zero attached hydrogens (tertiary/aromatic N) is 3. The van der Waals surface area contributed by atoms with Crippen molar-refractivity contribution in [3.63, 3.8) is 0 Å². The molecule has 6 heteroatoms. The van der Waals surface area contributed by atoms with Gasteiger partial charge < -0.3 is 13.9 Å². The van der Waals surface area contributed by atoms with Crippen LogP contribution in [0.1, 0.15) is 28.6 Å². The number of hydrogen-bond donors (Lipinski definition) is 0. The Kier molecular flexibility index (Phi) is 3.70. The highest BCUT2D eigenvalue weighted by molar-refractivity contribution is 5.91. The maximum atomic E-state index is 12.8. The normalized spacial score (nSPS) is 21.0. The molecule has 0 aliphatic carbocycles. The van der Waals surface area contributed by atoms with Gasteiger partial charge in [-0.3, -0.25) is 9.59 Å². The highest BCUT2D eigenvalue weighted by Gasteiger charge is 2.37. The Balaban J connectivity index is 1.51. The van der Waals surface area contributed by atoms with Crippen LogP contribution in [0.3, 0.4) is 0 Å². The number of pyridine rings is 1. The quantitative estimate of drug-likeness (QED) is 0.704. The van der Waals surface area contributed by atoms with Crippen molar-refractivity contribution < 1.29 is 9.21 Å². The first-order valence-corrected chi connectivity index (χ1v) is 9.17. The molecule has 5 rings (SSSR count). The van der Waals surface area contributed by atoms with Gasteiger partial charge in [-0.2, -0.15) is 0 Å². The van der Waals surface area contributed by atoms with Crippen molar-refractivity contribution in [1.82, 2.24) is 14.5 Å². The largest absolute Gasteiger partial charge is 0.438 e. The van der Waals surface area contributed by atoms with Crippen LogP contribution in [0.25, 0.3) is 11.1 Å². The Morgan fingerprint density at radius 1 is 1.07 bits per heavy atom. The fraction of sp³-hybridized carbons (Fsp3) is 0.286. The van der Waals surface area contributed by atoms with Crippen LogP contribution in [-0.4, -0.2) is 33.4 Å². The number of hydrogen-bond acceptors (Lipinski definition) is 4. The van der Waals surface area contributed by atoms with Crippen molar-refractivity contribution in [2.24, 2.45) is 5.92 Å². The maximum Gasteiger partial charge on any atom is 0.291 e. The van der Waals surface area contributed by atoms with Crippen LogP contribution in [0.2, 0.25) is 0 Å². The number of rotatable bonds is 2. The smallest absolute Gasteiger partial charge is 0.291 e. The number of likely N-dealkylation sites (tertiary alicyclic amines) is 1. The van der Waals surface area contributed by atoms with E-state index in [4.69, 9.17) is 4.42 Å². The van der Waals surface area contributed by atoms with Crippen molar-refractivity contribution in [3.05, 3.63) is 76.9 Å². The predicted molar refractivity (Wildman–Crippen MR) is 99.4 cm³/mol. The number of benzene rings is 1. The van der Waals surface area contributed by atoms with E-state index in [9.17, 15) is 9.59 Å². The summed E-state index contributed by atoms with van der Waals surface area (Å²) in [4.78, 5) is 31.1. The first kappa shape index (κ1) is 16.1. The summed E-state index contributed by atoms with van der Waals surface area (Å²) in [6.07, 6.45) is 3.73. The molecule has 27 heavy (non-hydrogen) atoms. The molecule has 0 saturated carbocycles. The third-order valence-corrected chi connectivity index (χ3v) is 5.59. The summed E-state index contributed by atoms with van der Waals surface area (Å²) in [5.74, 6) is 0.576. The Labute approximate surface area is 156 Å². The number of oxazole rings is 1. The van der Waals surface area contributed by atoms with E-state index >= 15 is 0 Å². The summed E-state index contributed by atoms with van der Waals surface area (Å²) in [7, 11) is 0. The Morgan fingerprint density at radius 2 is 1.93 bits per heavy atom. The highest BCUT2D eigenvalue weighted by Crippen LogP contribution is 2.37. The van der Waals surface area contributed by atoms with E-state index in [0.717, 1.165) is 23.2 Å². The predicted octanol–water partition coefficient (Wildman–Crippen LogP) is 2.76. The molecular formula is C21H19N3O3. The fourth-order valence-corrected chi connectivity index (χ4v) is 4.40. The second-order valence-electron chi connectivity index (χ2n) is 7.36. The summed E-state index contributed by atoms with van der Waals surface area (Å²) in [6, 6.07) is 13.8. The molecule has 6 nitrogen and oxygen atoms in total. The molecule has 0 N–H and O–H groups in total. The van der Waals surface area contributed by atoms with Crippen molar-refractivity contribution in [2.45, 2.75) is 18.9 Å². The molecule has 0 radical (unpaired) electrons. The third kappa shape index (κ3) is 2.77. The summed E-state index contributed by atoms with van der Waals surface area (Å²) in [5.41, 5.74) is 3.03. The molecule has 0 unspecified atom stereocenters. The summed E-state index contributed by atoms with van der Waals surface area (Å²) in [6.45, 7) is 1.88. The van der Waals surface area contributed by atoms with E-state index in [0.29, 0.717) is 19.6 Å². The highest BCUT2D eigenvalue weighted by atomic mass is 16.3. The van der Waals surface area contributed by atoms with Crippen LogP contribution < -0.4 is 5.56 Å². The summed E-state index contributed by atoms with van der Waals surface area (Å²) >= 11 is 0. The maximum absolute atomic E-state index is 12.8. The minimum atomic E-state index is -0.128. The van der Waals surface area contributed by atoms with Crippen molar-refractivity contribution in [1.29, 1.82) is 0 Å². The van der Waals surface area contributed by atoms with E-state index < -0.39 is 0 Å². The second kappa shape index (κ2) is 6.23. The molecular weight excluding hydrogens is 342 g/mol. The molecule has 2 aliphatic heterocycles. The molecule has 1 fully saturated rings. The van der Waals surface area contributed by atoms with Crippen molar-refractivity contribution >= 4 is 5.91 Å². The van der Waals surface area contributed by atoms with E-state index in [2.05, 4.69) is 11.1 Å². The lowest BCUT2D eigenvalue weighted by Gasteiger charge is -2.42. The van der Waals surface area contributed by atoms with Crippen LogP contribution >= 0.6 is 0 Å². The lowest BCUT2D eigenvalue weighted by Crippen LogP contribution is -2.49. The summed E-state index contributed by atoms with van der Waals surface area (Å²) < 4.78 is 7.07. The van der Waals surface area contributed by atoms with Gasteiger partial charge in [0.15, 0.2) is 6.39 Å². The molecule has 3 aromatic rings. The molecule has 2 aliphatic rings. The van der Waals surface area contributed by atoms with E-state index in [1.54, 1.807) is 6.07 Å². The monoisotopic (exact) mass is 361 g/mol. The van der Waals surface area contributed by atoms with Gasteiger partial charge in [0.05, 0.1) is 6.20 Å². The van der Waals surface area contributed by atoms with Gasteiger partial charge in [0.25, 0.3) is 11.5 Å². The average molecular weight is 361 g/mol. The van der Waals surface area contributed by atoms with Gasteiger partial charge in [0.1, 0.15) is 0 Å². The zero-order valence-corrected chi connectivity index (χ0v) is 14.7. The minimum absolute atomic E-state index is 0.0380. The number of amides is 1. The molecule has 1 amide bonds. The number of aromatic nitrogens is 2. The van der Waals surface area contributed by atoms with Gasteiger partial charge in [-0.15, -0.1) is 0 Å². The molecule has 4 heterocycles. The molecule has 136 valence electrons. The van der Waals surface area contributed by atoms with Gasteiger partial charge in [0, 0.05) is 37.3 Å². The van der Waals surface area contributed by atoms with Gasteiger partial charge in [-0.05, 0) is 29.5 Å². The zero-order valence-electron chi connectivity index (χ0n) is 14.7. The second-order valence-corrected chi connectivity index (χ2v) is 7.36.